The van der Waals surface area contributed by atoms with E-state index in [0.29, 0.717) is 0 Å². The molecule has 0 heterocycles. The molecule has 0 N–H and O–H groups in total. The van der Waals surface area contributed by atoms with E-state index in [-0.39, 0.29) is 6.42 Å². The summed E-state index contributed by atoms with van der Waals surface area (Å²) in [4.78, 5) is 33.6. The number of esters is 2. The molecule has 0 bridgehead atoms. The highest BCUT2D eigenvalue weighted by Gasteiger charge is 2.21. The number of carbonyl (C=O) groups is 3. The Labute approximate surface area is 144 Å². The Balaban J connectivity index is 3.67. The summed E-state index contributed by atoms with van der Waals surface area (Å²) < 4.78 is 9.53. The van der Waals surface area contributed by atoms with Crippen molar-refractivity contribution in [2.75, 3.05) is 0 Å². The molecule has 0 aromatic carbocycles. The van der Waals surface area contributed by atoms with E-state index in [2.05, 4.69) is 11.7 Å². The van der Waals surface area contributed by atoms with Crippen LogP contribution in [0.2, 0.25) is 0 Å². The number of aliphatic carboxylic acids is 1. The summed E-state index contributed by atoms with van der Waals surface area (Å²) >= 11 is 0. The van der Waals surface area contributed by atoms with Gasteiger partial charge in [0.25, 0.3) is 0 Å². The van der Waals surface area contributed by atoms with E-state index in [9.17, 15) is 19.5 Å². The summed E-state index contributed by atoms with van der Waals surface area (Å²) in [6.45, 7) is 4.74. The van der Waals surface area contributed by atoms with E-state index in [1.54, 1.807) is 0 Å². The van der Waals surface area contributed by atoms with Crippen LogP contribution in [0, 0.1) is 0 Å². The fourth-order valence-corrected chi connectivity index (χ4v) is 2.20. The molecule has 0 rings (SSSR count). The monoisotopic (exact) mass is 343 g/mol. The number of carboxylic acids is 1. The first kappa shape index (κ1) is 22.4. The van der Waals surface area contributed by atoms with Crippen molar-refractivity contribution in [3.63, 3.8) is 0 Å². The van der Waals surface area contributed by atoms with Crippen LogP contribution in [0.25, 0.3) is 0 Å². The van der Waals surface area contributed by atoms with Crippen LogP contribution in [0.4, 0.5) is 0 Å². The van der Waals surface area contributed by atoms with Gasteiger partial charge in [0.1, 0.15) is 6.10 Å². The van der Waals surface area contributed by atoms with Gasteiger partial charge in [-0.25, -0.2) is 4.79 Å². The van der Waals surface area contributed by atoms with E-state index < -0.39 is 30.1 Å². The highest BCUT2D eigenvalue weighted by molar-refractivity contribution is 5.81. The highest BCUT2D eigenvalue weighted by atomic mass is 16.6. The van der Waals surface area contributed by atoms with E-state index in [4.69, 9.17) is 4.74 Å². The van der Waals surface area contributed by atoms with E-state index >= 15 is 0 Å². The predicted octanol–water partition coefficient (Wildman–Crippen LogP) is 2.52. The first-order chi connectivity index (χ1) is 11.4. The van der Waals surface area contributed by atoms with Crippen molar-refractivity contribution < 1.29 is 29.0 Å². The molecule has 0 aromatic heterocycles. The fraction of sp³-hybridized carbons (Fsp3) is 0.833. The van der Waals surface area contributed by atoms with Gasteiger partial charge in [-0.05, 0) is 20.3 Å². The van der Waals surface area contributed by atoms with Gasteiger partial charge < -0.3 is 19.4 Å². The summed E-state index contributed by atoms with van der Waals surface area (Å²) in [5.74, 6) is -2.84. The molecular weight excluding hydrogens is 312 g/mol. The largest absolute Gasteiger partial charge is 0.546 e. The molecule has 0 saturated heterocycles. The molecule has 0 amide bonds. The van der Waals surface area contributed by atoms with Crippen LogP contribution in [0.5, 0.6) is 0 Å². The number of rotatable bonds is 14. The number of unbranched alkanes of at least 4 members (excludes halogenated alkanes) is 8. The van der Waals surface area contributed by atoms with Crippen molar-refractivity contribution >= 4 is 17.9 Å². The molecule has 0 fully saturated rings. The third-order valence-electron chi connectivity index (χ3n) is 3.75. The van der Waals surface area contributed by atoms with Gasteiger partial charge in [-0.2, -0.15) is 0 Å². The zero-order chi connectivity index (χ0) is 18.4. The average Bonchev–Trinajstić information content (AvgIpc) is 2.52. The van der Waals surface area contributed by atoms with Gasteiger partial charge in [0.15, 0.2) is 6.10 Å². The molecule has 24 heavy (non-hydrogen) atoms. The molecule has 140 valence electrons. The molecule has 0 radical (unpaired) electrons. The van der Waals surface area contributed by atoms with Gasteiger partial charge >= 0.3 is 11.9 Å². The van der Waals surface area contributed by atoms with Crippen LogP contribution in [0.1, 0.15) is 85.0 Å². The lowest BCUT2D eigenvalue weighted by Crippen LogP contribution is -2.39. The molecule has 0 aromatic rings. The second-order valence-corrected chi connectivity index (χ2v) is 6.11. The van der Waals surface area contributed by atoms with Gasteiger partial charge in [-0.15, -0.1) is 0 Å². The van der Waals surface area contributed by atoms with Crippen LogP contribution in [-0.2, 0) is 23.9 Å². The summed E-state index contributed by atoms with van der Waals surface area (Å²) in [5, 5.41) is 10.5. The SMILES string of the molecule is CCCCCCCCCCCC(=O)OC(C)C(=O)OC(C)C(=O)[O-]. The maximum absolute atomic E-state index is 11.6. The Kier molecular flexibility index (Phi) is 12.9. The second kappa shape index (κ2) is 13.8. The molecule has 2 unspecified atom stereocenters. The summed E-state index contributed by atoms with van der Waals surface area (Å²) in [7, 11) is 0. The zero-order valence-electron chi connectivity index (χ0n) is 15.2. The van der Waals surface area contributed by atoms with E-state index in [0.717, 1.165) is 19.3 Å². The number of carbonyl (C=O) groups excluding carboxylic acids is 3. The number of carboxylic acid groups (broad SMARTS) is 1. The highest BCUT2D eigenvalue weighted by Crippen LogP contribution is 2.11. The molecule has 6 nitrogen and oxygen atoms in total. The van der Waals surface area contributed by atoms with Gasteiger partial charge in [-0.3, -0.25) is 4.79 Å². The Morgan fingerprint density at radius 1 is 0.792 bits per heavy atom. The quantitative estimate of drug-likeness (QED) is 0.355. The lowest BCUT2D eigenvalue weighted by Gasteiger charge is -2.17. The molecular formula is C18H31O6-. The van der Waals surface area contributed by atoms with Crippen LogP contribution in [-0.4, -0.2) is 30.1 Å². The summed E-state index contributed by atoms with van der Waals surface area (Å²) in [6.07, 6.45) is 8.11. The van der Waals surface area contributed by atoms with Crippen LogP contribution in [0.3, 0.4) is 0 Å². The normalized spacial score (nSPS) is 13.1. The van der Waals surface area contributed by atoms with E-state index in [1.165, 1.54) is 52.4 Å². The average molecular weight is 343 g/mol. The summed E-state index contributed by atoms with van der Waals surface area (Å²) in [5.41, 5.74) is 0. The smallest absolute Gasteiger partial charge is 0.347 e. The Bertz CT molecular complexity index is 380. The fourth-order valence-electron chi connectivity index (χ4n) is 2.20. The minimum Gasteiger partial charge on any atom is -0.546 e. The van der Waals surface area contributed by atoms with Crippen molar-refractivity contribution in [3.8, 4) is 0 Å². The summed E-state index contributed by atoms with van der Waals surface area (Å²) in [6, 6.07) is 0. The molecule has 0 saturated carbocycles. The topological polar surface area (TPSA) is 92.7 Å². The van der Waals surface area contributed by atoms with Crippen molar-refractivity contribution in [2.24, 2.45) is 0 Å². The Morgan fingerprint density at radius 3 is 1.79 bits per heavy atom. The number of hydrogen-bond donors (Lipinski definition) is 0. The molecule has 0 spiro atoms. The Morgan fingerprint density at radius 2 is 1.29 bits per heavy atom. The lowest BCUT2D eigenvalue weighted by atomic mass is 10.1. The molecule has 0 aliphatic rings. The molecule has 6 heteroatoms. The van der Waals surface area contributed by atoms with Gasteiger partial charge in [0.2, 0.25) is 0 Å². The third kappa shape index (κ3) is 11.9. The van der Waals surface area contributed by atoms with Crippen molar-refractivity contribution in [1.29, 1.82) is 0 Å². The maximum atomic E-state index is 11.6. The minimum absolute atomic E-state index is 0.253. The minimum atomic E-state index is -1.49. The molecule has 0 aliphatic heterocycles. The van der Waals surface area contributed by atoms with Gasteiger partial charge in [0, 0.05) is 6.42 Å². The zero-order valence-corrected chi connectivity index (χ0v) is 15.2. The van der Waals surface area contributed by atoms with E-state index in [1.807, 2.05) is 0 Å². The standard InChI is InChI=1S/C18H32O6/c1-4-5-6-7-8-9-10-11-12-13-16(19)23-15(3)18(22)24-14(2)17(20)21/h14-15H,4-13H2,1-3H3,(H,20,21)/p-1. The van der Waals surface area contributed by atoms with Crippen LogP contribution >= 0.6 is 0 Å². The van der Waals surface area contributed by atoms with Crippen LogP contribution < -0.4 is 5.11 Å². The van der Waals surface area contributed by atoms with Gasteiger partial charge in [-0.1, -0.05) is 58.3 Å². The van der Waals surface area contributed by atoms with Crippen LogP contribution in [0.15, 0.2) is 0 Å². The Hall–Kier alpha value is -1.59. The first-order valence-electron chi connectivity index (χ1n) is 8.99. The molecule has 2 atom stereocenters. The number of hydrogen-bond acceptors (Lipinski definition) is 6. The maximum Gasteiger partial charge on any atom is 0.347 e. The van der Waals surface area contributed by atoms with Crippen molar-refractivity contribution in [1.82, 2.24) is 0 Å². The lowest BCUT2D eigenvalue weighted by molar-refractivity contribution is -0.315. The van der Waals surface area contributed by atoms with Gasteiger partial charge in [0.05, 0.1) is 5.97 Å². The number of ether oxygens (including phenoxy) is 2. The first-order valence-corrected chi connectivity index (χ1v) is 8.99. The third-order valence-corrected chi connectivity index (χ3v) is 3.75. The molecule has 0 aliphatic carbocycles. The second-order valence-electron chi connectivity index (χ2n) is 6.11. The predicted molar refractivity (Wildman–Crippen MR) is 88.0 cm³/mol. The van der Waals surface area contributed by atoms with Crippen molar-refractivity contribution in [3.05, 3.63) is 0 Å². The van der Waals surface area contributed by atoms with Crippen molar-refractivity contribution in [2.45, 2.75) is 97.2 Å².